The highest BCUT2D eigenvalue weighted by molar-refractivity contribution is 6.05. The topological polar surface area (TPSA) is 59.3 Å². The first-order valence-corrected chi connectivity index (χ1v) is 9.69. The lowest BCUT2D eigenvalue weighted by atomic mass is 10.0. The predicted octanol–water partition coefficient (Wildman–Crippen LogP) is 4.88. The average molecular weight is 401 g/mol. The Morgan fingerprint density at radius 3 is 2.43 bits per heavy atom. The smallest absolute Gasteiger partial charge is 0.255 e. The van der Waals surface area contributed by atoms with Gasteiger partial charge in [0.25, 0.3) is 5.91 Å². The third-order valence-electron chi connectivity index (χ3n) is 5.04. The zero-order valence-corrected chi connectivity index (χ0v) is 16.4. The summed E-state index contributed by atoms with van der Waals surface area (Å²) >= 11 is 0. The van der Waals surface area contributed by atoms with E-state index < -0.39 is 0 Å². The maximum absolute atomic E-state index is 13.0. The lowest BCUT2D eigenvalue weighted by Gasteiger charge is -2.11. The van der Waals surface area contributed by atoms with Gasteiger partial charge < -0.3 is 9.73 Å². The van der Waals surface area contributed by atoms with Crippen molar-refractivity contribution in [2.75, 3.05) is 6.54 Å². The SMILES string of the molecule is Cc1c(-c2ccccc2)oc2c(C(=O)NCCc3ccc(F)cc3)cccc2c1=O. The first-order valence-electron chi connectivity index (χ1n) is 9.69. The van der Waals surface area contributed by atoms with Gasteiger partial charge in [0.15, 0.2) is 11.0 Å². The summed E-state index contributed by atoms with van der Waals surface area (Å²) in [4.78, 5) is 25.7. The van der Waals surface area contributed by atoms with Crippen molar-refractivity contribution in [3.8, 4) is 11.3 Å². The second kappa shape index (κ2) is 8.33. The number of hydrogen-bond donors (Lipinski definition) is 1. The summed E-state index contributed by atoms with van der Waals surface area (Å²) in [6, 6.07) is 20.5. The average Bonchev–Trinajstić information content (AvgIpc) is 2.77. The van der Waals surface area contributed by atoms with Crippen LogP contribution in [0.3, 0.4) is 0 Å². The summed E-state index contributed by atoms with van der Waals surface area (Å²) in [6.45, 7) is 2.10. The number of benzene rings is 3. The molecule has 0 aliphatic carbocycles. The van der Waals surface area contributed by atoms with E-state index in [9.17, 15) is 14.0 Å². The molecule has 0 atom stereocenters. The van der Waals surface area contributed by atoms with Gasteiger partial charge in [0.05, 0.1) is 10.9 Å². The quantitative estimate of drug-likeness (QED) is 0.519. The number of fused-ring (bicyclic) bond motifs is 1. The minimum absolute atomic E-state index is 0.156. The molecule has 0 saturated carbocycles. The van der Waals surface area contributed by atoms with Gasteiger partial charge >= 0.3 is 0 Å². The van der Waals surface area contributed by atoms with Crippen molar-refractivity contribution >= 4 is 16.9 Å². The normalized spacial score (nSPS) is 10.9. The van der Waals surface area contributed by atoms with Crippen molar-refractivity contribution in [1.29, 1.82) is 0 Å². The predicted molar refractivity (Wildman–Crippen MR) is 115 cm³/mol. The fourth-order valence-electron chi connectivity index (χ4n) is 3.42. The van der Waals surface area contributed by atoms with Crippen LogP contribution in [0.15, 0.2) is 82.0 Å². The number of amides is 1. The Hall–Kier alpha value is -3.73. The van der Waals surface area contributed by atoms with E-state index in [1.165, 1.54) is 12.1 Å². The Morgan fingerprint density at radius 2 is 1.70 bits per heavy atom. The molecule has 150 valence electrons. The first kappa shape index (κ1) is 19.6. The number of nitrogens with one attached hydrogen (secondary N) is 1. The molecular weight excluding hydrogens is 381 g/mol. The molecule has 1 amide bonds. The largest absolute Gasteiger partial charge is 0.455 e. The highest BCUT2D eigenvalue weighted by atomic mass is 19.1. The second-order valence-corrected chi connectivity index (χ2v) is 7.07. The lowest BCUT2D eigenvalue weighted by Crippen LogP contribution is -2.26. The van der Waals surface area contributed by atoms with Gasteiger partial charge in [-0.1, -0.05) is 48.5 Å². The van der Waals surface area contributed by atoms with Gasteiger partial charge in [-0.25, -0.2) is 4.39 Å². The van der Waals surface area contributed by atoms with Gasteiger partial charge in [-0.3, -0.25) is 9.59 Å². The second-order valence-electron chi connectivity index (χ2n) is 7.07. The Morgan fingerprint density at radius 1 is 0.967 bits per heavy atom. The van der Waals surface area contributed by atoms with Crippen molar-refractivity contribution in [1.82, 2.24) is 5.32 Å². The van der Waals surface area contributed by atoms with Crippen LogP contribution < -0.4 is 10.7 Å². The molecule has 0 saturated heterocycles. The molecule has 4 nitrogen and oxygen atoms in total. The van der Waals surface area contributed by atoms with Crippen LogP contribution in [0.2, 0.25) is 0 Å². The van der Waals surface area contributed by atoms with E-state index in [0.29, 0.717) is 35.2 Å². The summed E-state index contributed by atoms with van der Waals surface area (Å²) in [5.41, 5.74) is 2.62. The Kier molecular flexibility index (Phi) is 5.44. The fourth-order valence-corrected chi connectivity index (χ4v) is 3.42. The summed E-state index contributed by atoms with van der Waals surface area (Å²) in [6.07, 6.45) is 0.565. The molecule has 0 spiro atoms. The first-order chi connectivity index (χ1) is 14.5. The molecule has 3 aromatic carbocycles. The van der Waals surface area contributed by atoms with Gasteiger partial charge in [0, 0.05) is 17.7 Å². The van der Waals surface area contributed by atoms with Crippen LogP contribution in [-0.4, -0.2) is 12.5 Å². The van der Waals surface area contributed by atoms with Crippen LogP contribution in [0, 0.1) is 12.7 Å². The van der Waals surface area contributed by atoms with Gasteiger partial charge in [0.1, 0.15) is 11.6 Å². The molecule has 0 aliphatic rings. The zero-order chi connectivity index (χ0) is 21.1. The maximum atomic E-state index is 13.0. The molecule has 1 heterocycles. The molecule has 0 unspecified atom stereocenters. The van der Waals surface area contributed by atoms with E-state index in [0.717, 1.165) is 11.1 Å². The van der Waals surface area contributed by atoms with Crippen LogP contribution in [-0.2, 0) is 6.42 Å². The van der Waals surface area contributed by atoms with Gasteiger partial charge in [0.2, 0.25) is 0 Å². The molecule has 0 fully saturated rings. The third kappa shape index (κ3) is 3.87. The molecule has 0 aliphatic heterocycles. The number of halogens is 1. The summed E-state index contributed by atoms with van der Waals surface area (Å²) < 4.78 is 19.1. The van der Waals surface area contributed by atoms with E-state index in [4.69, 9.17) is 4.42 Å². The Labute approximate surface area is 173 Å². The van der Waals surface area contributed by atoms with Crippen LogP contribution >= 0.6 is 0 Å². The molecule has 4 rings (SSSR count). The maximum Gasteiger partial charge on any atom is 0.255 e. The van der Waals surface area contributed by atoms with Crippen LogP contribution in [0.5, 0.6) is 0 Å². The van der Waals surface area contributed by atoms with Crippen LogP contribution in [0.1, 0.15) is 21.5 Å². The van der Waals surface area contributed by atoms with E-state index in [2.05, 4.69) is 5.32 Å². The molecular formula is C25H20FNO3. The number of carbonyl (C=O) groups excluding carboxylic acids is 1. The van der Waals surface area contributed by atoms with Gasteiger partial charge in [-0.05, 0) is 43.2 Å². The summed E-state index contributed by atoms with van der Waals surface area (Å²) in [7, 11) is 0. The van der Waals surface area contributed by atoms with Gasteiger partial charge in [-0.2, -0.15) is 0 Å². The fraction of sp³-hybridized carbons (Fsp3) is 0.120. The minimum atomic E-state index is -0.325. The van der Waals surface area contributed by atoms with E-state index >= 15 is 0 Å². The number of para-hydroxylation sites is 1. The standard InChI is InChI=1S/C25H20FNO3/c1-16-22(28)20-8-5-9-21(24(20)30-23(16)18-6-3-2-4-7-18)25(29)27-15-14-17-10-12-19(26)13-11-17/h2-13H,14-15H2,1H3,(H,27,29). The van der Waals surface area contributed by atoms with Crippen molar-refractivity contribution in [2.45, 2.75) is 13.3 Å². The molecule has 4 aromatic rings. The van der Waals surface area contributed by atoms with Crippen molar-refractivity contribution in [3.63, 3.8) is 0 Å². The number of rotatable bonds is 5. The van der Waals surface area contributed by atoms with Crippen LogP contribution in [0.4, 0.5) is 4.39 Å². The lowest BCUT2D eigenvalue weighted by molar-refractivity contribution is 0.0955. The van der Waals surface area contributed by atoms with E-state index in [1.807, 2.05) is 30.3 Å². The van der Waals surface area contributed by atoms with Crippen molar-refractivity contribution in [2.24, 2.45) is 0 Å². The zero-order valence-electron chi connectivity index (χ0n) is 16.4. The van der Waals surface area contributed by atoms with Gasteiger partial charge in [-0.15, -0.1) is 0 Å². The number of hydrogen-bond acceptors (Lipinski definition) is 3. The molecule has 1 N–H and O–H groups in total. The van der Waals surface area contributed by atoms with E-state index in [-0.39, 0.29) is 22.7 Å². The van der Waals surface area contributed by atoms with Crippen molar-refractivity contribution < 1.29 is 13.6 Å². The highest BCUT2D eigenvalue weighted by Gasteiger charge is 2.18. The molecule has 0 bridgehead atoms. The molecule has 1 aromatic heterocycles. The minimum Gasteiger partial charge on any atom is -0.455 e. The summed E-state index contributed by atoms with van der Waals surface area (Å²) in [5, 5.41) is 3.23. The molecule has 5 heteroatoms. The monoisotopic (exact) mass is 401 g/mol. The number of carbonyl (C=O) groups is 1. The summed E-state index contributed by atoms with van der Waals surface area (Å²) in [5.74, 6) is -0.161. The molecule has 0 radical (unpaired) electrons. The highest BCUT2D eigenvalue weighted by Crippen LogP contribution is 2.27. The third-order valence-corrected chi connectivity index (χ3v) is 5.04. The van der Waals surface area contributed by atoms with Crippen molar-refractivity contribution in [3.05, 3.63) is 106 Å². The van der Waals surface area contributed by atoms with Crippen LogP contribution in [0.25, 0.3) is 22.3 Å². The Bertz CT molecular complexity index is 1260. The Balaban J connectivity index is 1.65. The van der Waals surface area contributed by atoms with E-state index in [1.54, 1.807) is 37.3 Å². The molecule has 30 heavy (non-hydrogen) atoms.